The lowest BCUT2D eigenvalue weighted by atomic mass is 10.1. The highest BCUT2D eigenvalue weighted by atomic mass is 16.5. The molecule has 0 radical (unpaired) electrons. The number of hydrogen-bond acceptors (Lipinski definition) is 6. The molecule has 138 valence electrons. The van der Waals surface area contributed by atoms with Crippen molar-refractivity contribution >= 4 is 17.8 Å². The molecule has 0 spiro atoms. The van der Waals surface area contributed by atoms with Gasteiger partial charge in [-0.2, -0.15) is 5.26 Å². The van der Waals surface area contributed by atoms with E-state index in [0.29, 0.717) is 18.7 Å². The summed E-state index contributed by atoms with van der Waals surface area (Å²) < 4.78 is 5.08. The van der Waals surface area contributed by atoms with Crippen molar-refractivity contribution in [2.24, 2.45) is 0 Å². The summed E-state index contributed by atoms with van der Waals surface area (Å²) in [6, 6.07) is 6.02. The van der Waals surface area contributed by atoms with E-state index in [0.717, 1.165) is 13.1 Å². The predicted molar refractivity (Wildman–Crippen MR) is 91.2 cm³/mol. The van der Waals surface area contributed by atoms with Crippen LogP contribution in [0.25, 0.3) is 0 Å². The van der Waals surface area contributed by atoms with Crippen LogP contribution in [0.3, 0.4) is 0 Å². The number of carbonyl (C=O) groups excluding carboxylic acids is 2. The lowest BCUT2D eigenvalue weighted by Crippen LogP contribution is -2.47. The van der Waals surface area contributed by atoms with E-state index in [2.05, 4.69) is 4.90 Å². The van der Waals surface area contributed by atoms with Crippen LogP contribution in [0.5, 0.6) is 0 Å². The summed E-state index contributed by atoms with van der Waals surface area (Å²) in [6.07, 6.45) is 0.0194. The molecule has 0 aliphatic carbocycles. The number of likely N-dealkylation sites (N-methyl/N-ethyl adjacent to an activating group) is 1. The first-order valence-electron chi connectivity index (χ1n) is 8.29. The molecule has 0 aromatic heterocycles. The van der Waals surface area contributed by atoms with Crippen LogP contribution in [0, 0.1) is 11.3 Å². The van der Waals surface area contributed by atoms with Crippen molar-refractivity contribution in [1.82, 2.24) is 9.80 Å². The molecule has 2 rings (SSSR count). The van der Waals surface area contributed by atoms with Crippen molar-refractivity contribution in [2.75, 3.05) is 33.2 Å². The van der Waals surface area contributed by atoms with Crippen molar-refractivity contribution in [3.8, 4) is 6.07 Å². The average Bonchev–Trinajstić information content (AvgIpc) is 2.64. The van der Waals surface area contributed by atoms with Gasteiger partial charge < -0.3 is 19.6 Å². The summed E-state index contributed by atoms with van der Waals surface area (Å²) in [5.41, 5.74) is 0.441. The Balaban J connectivity index is 1.83. The van der Waals surface area contributed by atoms with Crippen molar-refractivity contribution in [3.63, 3.8) is 0 Å². The van der Waals surface area contributed by atoms with Gasteiger partial charge in [0.25, 0.3) is 0 Å². The molecule has 26 heavy (non-hydrogen) atoms. The van der Waals surface area contributed by atoms with Gasteiger partial charge in [-0.3, -0.25) is 9.59 Å². The summed E-state index contributed by atoms with van der Waals surface area (Å²) >= 11 is 0. The fourth-order valence-corrected chi connectivity index (χ4v) is 2.62. The molecule has 1 aliphatic heterocycles. The molecule has 0 bridgehead atoms. The fourth-order valence-electron chi connectivity index (χ4n) is 2.62. The minimum absolute atomic E-state index is 0.0517. The van der Waals surface area contributed by atoms with E-state index in [4.69, 9.17) is 10.00 Å². The number of aromatic carboxylic acids is 1. The second-order valence-corrected chi connectivity index (χ2v) is 6.13. The SMILES string of the molecule is CN1CCN(C(=O)CCC(=O)OCc2ccc(C#N)cc2C(=O)O)CC1. The van der Waals surface area contributed by atoms with Crippen molar-refractivity contribution in [3.05, 3.63) is 34.9 Å². The zero-order valence-electron chi connectivity index (χ0n) is 14.6. The van der Waals surface area contributed by atoms with E-state index < -0.39 is 11.9 Å². The van der Waals surface area contributed by atoms with Gasteiger partial charge in [-0.25, -0.2) is 4.79 Å². The first-order chi connectivity index (χ1) is 12.4. The topological polar surface area (TPSA) is 111 Å². The van der Waals surface area contributed by atoms with Gasteiger partial charge >= 0.3 is 11.9 Å². The summed E-state index contributed by atoms with van der Waals surface area (Å²) in [7, 11) is 1.99. The molecule has 1 N–H and O–H groups in total. The predicted octanol–water partition coefficient (Wildman–Crippen LogP) is 0.854. The number of hydrogen-bond donors (Lipinski definition) is 1. The fraction of sp³-hybridized carbons (Fsp3) is 0.444. The Bertz CT molecular complexity index is 733. The second-order valence-electron chi connectivity index (χ2n) is 6.13. The van der Waals surface area contributed by atoms with E-state index in [1.807, 2.05) is 13.1 Å². The lowest BCUT2D eigenvalue weighted by molar-refractivity contribution is -0.147. The number of nitrogens with zero attached hydrogens (tertiary/aromatic N) is 3. The quantitative estimate of drug-likeness (QED) is 0.750. The third-order valence-corrected chi connectivity index (χ3v) is 4.26. The Kier molecular flexibility index (Phi) is 6.69. The number of ether oxygens (including phenoxy) is 1. The van der Waals surface area contributed by atoms with Crippen LogP contribution in [0.2, 0.25) is 0 Å². The second kappa shape index (κ2) is 8.97. The molecule has 1 saturated heterocycles. The first kappa shape index (κ1) is 19.4. The van der Waals surface area contributed by atoms with Gasteiger partial charge in [-0.15, -0.1) is 0 Å². The molecular weight excluding hydrogens is 338 g/mol. The van der Waals surface area contributed by atoms with E-state index in [9.17, 15) is 19.5 Å². The number of piperazine rings is 1. The number of esters is 1. The molecular formula is C18H21N3O5. The van der Waals surface area contributed by atoms with Crippen molar-refractivity contribution < 1.29 is 24.2 Å². The Morgan fingerprint density at radius 3 is 2.50 bits per heavy atom. The van der Waals surface area contributed by atoms with Crippen molar-refractivity contribution in [2.45, 2.75) is 19.4 Å². The smallest absolute Gasteiger partial charge is 0.336 e. The molecule has 1 fully saturated rings. The zero-order valence-corrected chi connectivity index (χ0v) is 14.6. The molecule has 1 aromatic rings. The highest BCUT2D eigenvalue weighted by Crippen LogP contribution is 2.14. The third-order valence-electron chi connectivity index (χ3n) is 4.26. The van der Waals surface area contributed by atoms with Gasteiger partial charge in [-0.05, 0) is 19.2 Å². The van der Waals surface area contributed by atoms with Crippen LogP contribution < -0.4 is 0 Å². The standard InChI is InChI=1S/C18H21N3O5/c1-20-6-8-21(9-7-20)16(22)4-5-17(23)26-12-14-3-2-13(11-19)10-15(14)18(24)25/h2-3,10H,4-9,12H2,1H3,(H,24,25). The first-order valence-corrected chi connectivity index (χ1v) is 8.29. The van der Waals surface area contributed by atoms with E-state index in [1.165, 1.54) is 18.2 Å². The van der Waals surface area contributed by atoms with Crippen LogP contribution in [0.1, 0.15) is 34.3 Å². The van der Waals surface area contributed by atoms with Crippen LogP contribution in [0.15, 0.2) is 18.2 Å². The molecule has 0 saturated carbocycles. The maximum atomic E-state index is 12.1. The molecule has 1 heterocycles. The molecule has 8 nitrogen and oxygen atoms in total. The maximum Gasteiger partial charge on any atom is 0.336 e. The normalized spacial score (nSPS) is 14.5. The minimum Gasteiger partial charge on any atom is -0.478 e. The van der Waals surface area contributed by atoms with Crippen LogP contribution >= 0.6 is 0 Å². The van der Waals surface area contributed by atoms with Gasteiger partial charge in [0, 0.05) is 38.2 Å². The molecule has 0 atom stereocenters. The Morgan fingerprint density at radius 1 is 1.19 bits per heavy atom. The molecule has 0 unspecified atom stereocenters. The molecule has 1 aromatic carbocycles. The third kappa shape index (κ3) is 5.29. The van der Waals surface area contributed by atoms with E-state index in [1.54, 1.807) is 4.90 Å². The molecule has 1 amide bonds. The summed E-state index contributed by atoms with van der Waals surface area (Å²) in [5, 5.41) is 18.0. The maximum absolute atomic E-state index is 12.1. The van der Waals surface area contributed by atoms with Gasteiger partial charge in [0.15, 0.2) is 0 Å². The number of nitriles is 1. The highest BCUT2D eigenvalue weighted by molar-refractivity contribution is 5.90. The Hall–Kier alpha value is -2.92. The number of carboxylic acids is 1. The van der Waals surface area contributed by atoms with Crippen LogP contribution in [0.4, 0.5) is 0 Å². The van der Waals surface area contributed by atoms with Crippen LogP contribution in [-0.4, -0.2) is 66.0 Å². The van der Waals surface area contributed by atoms with Crippen molar-refractivity contribution in [1.29, 1.82) is 5.26 Å². The number of carboxylic acid groups (broad SMARTS) is 1. The largest absolute Gasteiger partial charge is 0.478 e. The number of amides is 1. The zero-order chi connectivity index (χ0) is 19.1. The highest BCUT2D eigenvalue weighted by Gasteiger charge is 2.20. The van der Waals surface area contributed by atoms with Gasteiger partial charge in [0.05, 0.1) is 23.6 Å². The monoisotopic (exact) mass is 359 g/mol. The number of carbonyl (C=O) groups is 3. The number of benzene rings is 1. The van der Waals surface area contributed by atoms with Gasteiger partial charge in [-0.1, -0.05) is 6.07 Å². The summed E-state index contributed by atoms with van der Waals surface area (Å²) in [5.74, 6) is -1.84. The number of rotatable bonds is 6. The van der Waals surface area contributed by atoms with E-state index in [-0.39, 0.29) is 36.5 Å². The Labute approximate surface area is 151 Å². The summed E-state index contributed by atoms with van der Waals surface area (Å²) in [4.78, 5) is 39.1. The van der Waals surface area contributed by atoms with E-state index >= 15 is 0 Å². The minimum atomic E-state index is -1.20. The Morgan fingerprint density at radius 2 is 1.88 bits per heavy atom. The average molecular weight is 359 g/mol. The summed E-state index contributed by atoms with van der Waals surface area (Å²) in [6.45, 7) is 2.71. The van der Waals surface area contributed by atoms with Crippen LogP contribution in [-0.2, 0) is 20.9 Å². The van der Waals surface area contributed by atoms with Gasteiger partial charge in [0.2, 0.25) is 5.91 Å². The molecule has 8 heteroatoms. The lowest BCUT2D eigenvalue weighted by Gasteiger charge is -2.32. The van der Waals surface area contributed by atoms with Gasteiger partial charge in [0.1, 0.15) is 6.61 Å². The molecule has 1 aliphatic rings.